The monoisotopic (exact) mass is 285 g/mol. The highest BCUT2D eigenvalue weighted by atomic mass is 35.5. The molecular formula is C13H20ClN3S. The van der Waals surface area contributed by atoms with E-state index in [1.54, 1.807) is 0 Å². The molecule has 0 bridgehead atoms. The van der Waals surface area contributed by atoms with Crippen LogP contribution in [0, 0.1) is 11.8 Å². The molecule has 0 amide bonds. The molecule has 0 saturated heterocycles. The molecule has 3 unspecified atom stereocenters. The van der Waals surface area contributed by atoms with Crippen molar-refractivity contribution in [1.82, 2.24) is 9.97 Å². The summed E-state index contributed by atoms with van der Waals surface area (Å²) in [5, 5.41) is 4.73. The molecule has 3 nitrogen and oxygen atoms in total. The quantitative estimate of drug-likeness (QED) is 0.516. The summed E-state index contributed by atoms with van der Waals surface area (Å²) >= 11 is 7.51. The lowest BCUT2D eigenvalue weighted by Crippen LogP contribution is -2.30. The van der Waals surface area contributed by atoms with Gasteiger partial charge in [0.2, 0.25) is 0 Å². The van der Waals surface area contributed by atoms with Crippen LogP contribution in [0.2, 0.25) is 5.15 Å². The molecule has 1 aliphatic carbocycles. The Morgan fingerprint density at radius 1 is 1.28 bits per heavy atom. The van der Waals surface area contributed by atoms with E-state index in [9.17, 15) is 0 Å². The topological polar surface area (TPSA) is 37.8 Å². The molecule has 18 heavy (non-hydrogen) atoms. The average molecular weight is 286 g/mol. The smallest absolute Gasteiger partial charge is 0.190 e. The fourth-order valence-corrected chi connectivity index (χ4v) is 3.06. The molecular weight excluding hydrogens is 266 g/mol. The van der Waals surface area contributed by atoms with E-state index in [-0.39, 0.29) is 0 Å². The molecule has 0 spiro atoms. The van der Waals surface area contributed by atoms with Crippen molar-refractivity contribution in [2.45, 2.75) is 44.3 Å². The van der Waals surface area contributed by atoms with Crippen LogP contribution in [0.4, 0.5) is 5.82 Å². The summed E-state index contributed by atoms with van der Waals surface area (Å²) in [4.78, 5) is 8.60. The Bertz CT molecular complexity index is 413. The van der Waals surface area contributed by atoms with Crippen LogP contribution in [-0.2, 0) is 0 Å². The summed E-state index contributed by atoms with van der Waals surface area (Å²) in [5.74, 6) is 2.46. The SMILES string of the molecule is CSc1nc(Cl)cc(NC2CCC(C)C(C)C2)n1. The minimum absolute atomic E-state index is 0.508. The van der Waals surface area contributed by atoms with E-state index in [1.807, 2.05) is 12.3 Å². The Balaban J connectivity index is 2.03. The zero-order valence-corrected chi connectivity index (χ0v) is 12.7. The van der Waals surface area contributed by atoms with Gasteiger partial charge in [0.05, 0.1) is 0 Å². The van der Waals surface area contributed by atoms with E-state index in [1.165, 1.54) is 31.0 Å². The number of thioether (sulfide) groups is 1. The molecule has 0 radical (unpaired) electrons. The summed E-state index contributed by atoms with van der Waals surface area (Å²) in [6, 6.07) is 2.32. The standard InChI is InChI=1S/C13H20ClN3S/c1-8-4-5-10(6-9(8)2)15-12-7-11(14)16-13(17-12)18-3/h7-10H,4-6H2,1-3H3,(H,15,16,17). The van der Waals surface area contributed by atoms with Gasteiger partial charge in [0.1, 0.15) is 11.0 Å². The second-order valence-corrected chi connectivity index (χ2v) is 6.33. The first-order chi connectivity index (χ1) is 8.58. The lowest BCUT2D eigenvalue weighted by molar-refractivity contribution is 0.260. The van der Waals surface area contributed by atoms with Crippen LogP contribution in [0.15, 0.2) is 11.2 Å². The van der Waals surface area contributed by atoms with Crippen LogP contribution in [0.3, 0.4) is 0 Å². The zero-order valence-electron chi connectivity index (χ0n) is 11.1. The van der Waals surface area contributed by atoms with Gasteiger partial charge in [0.25, 0.3) is 0 Å². The maximum Gasteiger partial charge on any atom is 0.190 e. The predicted octanol–water partition coefficient (Wildman–Crippen LogP) is 4.09. The maximum absolute atomic E-state index is 5.99. The number of hydrogen-bond acceptors (Lipinski definition) is 4. The maximum atomic E-state index is 5.99. The summed E-state index contributed by atoms with van der Waals surface area (Å²) in [5.41, 5.74) is 0. The molecule has 1 N–H and O–H groups in total. The second kappa shape index (κ2) is 6.11. The number of nitrogens with one attached hydrogen (secondary N) is 1. The van der Waals surface area contributed by atoms with Crippen LogP contribution in [-0.4, -0.2) is 22.3 Å². The summed E-state index contributed by atoms with van der Waals surface area (Å²) in [7, 11) is 0. The number of hydrogen-bond donors (Lipinski definition) is 1. The highest BCUT2D eigenvalue weighted by Gasteiger charge is 2.24. The van der Waals surface area contributed by atoms with Gasteiger partial charge in [-0.05, 0) is 37.4 Å². The average Bonchev–Trinajstić information content (AvgIpc) is 2.33. The van der Waals surface area contributed by atoms with Gasteiger partial charge in [0, 0.05) is 12.1 Å². The molecule has 5 heteroatoms. The molecule has 0 aliphatic heterocycles. The second-order valence-electron chi connectivity index (χ2n) is 5.17. The predicted molar refractivity (Wildman–Crippen MR) is 78.4 cm³/mol. The number of anilines is 1. The van der Waals surface area contributed by atoms with Gasteiger partial charge in [0.15, 0.2) is 5.16 Å². The molecule has 1 fully saturated rings. The van der Waals surface area contributed by atoms with E-state index in [4.69, 9.17) is 11.6 Å². The van der Waals surface area contributed by atoms with Gasteiger partial charge in [-0.1, -0.05) is 37.2 Å². The lowest BCUT2D eigenvalue weighted by atomic mass is 9.79. The Labute approximate surface area is 118 Å². The van der Waals surface area contributed by atoms with Crippen molar-refractivity contribution < 1.29 is 0 Å². The van der Waals surface area contributed by atoms with E-state index >= 15 is 0 Å². The van der Waals surface area contributed by atoms with E-state index in [0.29, 0.717) is 11.2 Å². The number of nitrogens with zero attached hydrogens (tertiary/aromatic N) is 2. The molecule has 0 aromatic carbocycles. The van der Waals surface area contributed by atoms with Crippen molar-refractivity contribution in [3.8, 4) is 0 Å². The van der Waals surface area contributed by atoms with Gasteiger partial charge in [-0.2, -0.15) is 0 Å². The van der Waals surface area contributed by atoms with Crippen molar-refractivity contribution in [2.75, 3.05) is 11.6 Å². The van der Waals surface area contributed by atoms with Crippen LogP contribution >= 0.6 is 23.4 Å². The summed E-state index contributed by atoms with van der Waals surface area (Å²) in [6.45, 7) is 4.67. The van der Waals surface area contributed by atoms with Crippen molar-refractivity contribution in [1.29, 1.82) is 0 Å². The third-order valence-electron chi connectivity index (χ3n) is 3.81. The van der Waals surface area contributed by atoms with E-state index < -0.39 is 0 Å². The Morgan fingerprint density at radius 2 is 2.06 bits per heavy atom. The van der Waals surface area contributed by atoms with Crippen molar-refractivity contribution in [3.63, 3.8) is 0 Å². The molecule has 1 saturated carbocycles. The Morgan fingerprint density at radius 3 is 2.72 bits per heavy atom. The molecule has 100 valence electrons. The molecule has 2 rings (SSSR count). The first-order valence-electron chi connectivity index (χ1n) is 6.43. The van der Waals surface area contributed by atoms with Gasteiger partial charge < -0.3 is 5.32 Å². The Kier molecular flexibility index (Phi) is 4.73. The first-order valence-corrected chi connectivity index (χ1v) is 8.04. The Hall–Kier alpha value is -0.480. The molecule has 1 aliphatic rings. The van der Waals surface area contributed by atoms with Gasteiger partial charge in [-0.25, -0.2) is 9.97 Å². The molecule has 1 heterocycles. The first kappa shape index (κ1) is 13.9. The zero-order chi connectivity index (χ0) is 13.1. The minimum atomic E-state index is 0.508. The van der Waals surface area contributed by atoms with Crippen LogP contribution in [0.5, 0.6) is 0 Å². The van der Waals surface area contributed by atoms with E-state index in [2.05, 4.69) is 29.1 Å². The third-order valence-corrected chi connectivity index (χ3v) is 4.55. The highest BCUT2D eigenvalue weighted by Crippen LogP contribution is 2.31. The largest absolute Gasteiger partial charge is 0.367 e. The molecule has 1 aromatic rings. The number of aromatic nitrogens is 2. The highest BCUT2D eigenvalue weighted by molar-refractivity contribution is 7.98. The van der Waals surface area contributed by atoms with Crippen LogP contribution < -0.4 is 5.32 Å². The fraction of sp³-hybridized carbons (Fsp3) is 0.692. The molecule has 3 atom stereocenters. The van der Waals surface area contributed by atoms with E-state index in [0.717, 1.165) is 22.8 Å². The number of rotatable bonds is 3. The summed E-state index contributed by atoms with van der Waals surface area (Å²) < 4.78 is 0. The van der Waals surface area contributed by atoms with Crippen LogP contribution in [0.1, 0.15) is 33.1 Å². The fourth-order valence-electron chi connectivity index (χ4n) is 2.45. The third kappa shape index (κ3) is 3.51. The number of halogens is 1. The van der Waals surface area contributed by atoms with Gasteiger partial charge in [-0.3, -0.25) is 0 Å². The normalized spacial score (nSPS) is 28.1. The summed E-state index contributed by atoms with van der Waals surface area (Å²) in [6.07, 6.45) is 5.66. The van der Waals surface area contributed by atoms with Crippen molar-refractivity contribution in [3.05, 3.63) is 11.2 Å². The van der Waals surface area contributed by atoms with Crippen LogP contribution in [0.25, 0.3) is 0 Å². The lowest BCUT2D eigenvalue weighted by Gasteiger charge is -2.32. The van der Waals surface area contributed by atoms with Crippen molar-refractivity contribution in [2.24, 2.45) is 11.8 Å². The van der Waals surface area contributed by atoms with Gasteiger partial charge in [-0.15, -0.1) is 0 Å². The van der Waals surface area contributed by atoms with Crippen molar-refractivity contribution >= 4 is 29.2 Å². The molecule has 1 aromatic heterocycles. The minimum Gasteiger partial charge on any atom is -0.367 e. The van der Waals surface area contributed by atoms with Gasteiger partial charge >= 0.3 is 0 Å².